The summed E-state index contributed by atoms with van der Waals surface area (Å²) in [6.07, 6.45) is 5.76. The highest BCUT2D eigenvalue weighted by atomic mass is 16.3. The first-order valence-corrected chi connectivity index (χ1v) is 7.74. The molecule has 1 atom stereocenters. The third-order valence-electron chi connectivity index (χ3n) is 3.67. The third-order valence-corrected chi connectivity index (χ3v) is 3.67. The molecule has 1 aromatic carbocycles. The van der Waals surface area contributed by atoms with Crippen molar-refractivity contribution in [2.45, 2.75) is 46.1 Å². The van der Waals surface area contributed by atoms with Crippen LogP contribution in [0.3, 0.4) is 0 Å². The van der Waals surface area contributed by atoms with E-state index in [2.05, 4.69) is 63.3 Å². The Hall–Kier alpha value is -1.54. The molecule has 0 spiro atoms. The summed E-state index contributed by atoms with van der Waals surface area (Å²) in [4.78, 5) is 0. The van der Waals surface area contributed by atoms with E-state index >= 15 is 0 Å². The molecule has 0 fully saturated rings. The maximum absolute atomic E-state index is 5.21. The summed E-state index contributed by atoms with van der Waals surface area (Å²) < 4.78 is 5.21. The highest BCUT2D eigenvalue weighted by molar-refractivity contribution is 5.22. The summed E-state index contributed by atoms with van der Waals surface area (Å²) in [6.45, 7) is 9.80. The van der Waals surface area contributed by atoms with Crippen LogP contribution in [0.2, 0.25) is 0 Å². The van der Waals surface area contributed by atoms with Crippen molar-refractivity contribution in [2.24, 2.45) is 5.92 Å². The molecule has 2 rings (SSSR count). The normalized spacial score (nSPS) is 13.3. The smallest absolute Gasteiger partial charge is 0.0934 e. The molecule has 1 aromatic heterocycles. The van der Waals surface area contributed by atoms with Gasteiger partial charge in [-0.25, -0.2) is 0 Å². The van der Waals surface area contributed by atoms with E-state index in [1.54, 1.807) is 6.26 Å². The van der Waals surface area contributed by atoms with Crippen LogP contribution >= 0.6 is 0 Å². The molecule has 114 valence electrons. The van der Waals surface area contributed by atoms with Crippen molar-refractivity contribution < 1.29 is 4.42 Å². The zero-order valence-corrected chi connectivity index (χ0v) is 13.6. The second-order valence-corrected chi connectivity index (χ2v) is 7.02. The molecule has 0 aliphatic heterocycles. The van der Waals surface area contributed by atoms with Gasteiger partial charge in [-0.3, -0.25) is 0 Å². The van der Waals surface area contributed by atoms with Crippen molar-refractivity contribution in [1.82, 2.24) is 5.32 Å². The van der Waals surface area contributed by atoms with Crippen LogP contribution in [0.15, 0.2) is 47.3 Å². The number of hydrogen-bond acceptors (Lipinski definition) is 2. The maximum atomic E-state index is 5.21. The molecule has 0 radical (unpaired) electrons. The van der Waals surface area contributed by atoms with E-state index in [1.165, 1.54) is 16.7 Å². The van der Waals surface area contributed by atoms with Gasteiger partial charge in [0.1, 0.15) is 0 Å². The van der Waals surface area contributed by atoms with Gasteiger partial charge >= 0.3 is 0 Å². The van der Waals surface area contributed by atoms with E-state index in [4.69, 9.17) is 4.42 Å². The average molecular weight is 285 g/mol. The summed E-state index contributed by atoms with van der Waals surface area (Å²) in [5.41, 5.74) is 4.16. The van der Waals surface area contributed by atoms with Crippen LogP contribution in [-0.2, 0) is 12.8 Å². The summed E-state index contributed by atoms with van der Waals surface area (Å²) in [7, 11) is 0. The first-order valence-electron chi connectivity index (χ1n) is 7.74. The monoisotopic (exact) mass is 285 g/mol. The van der Waals surface area contributed by atoms with Gasteiger partial charge in [0, 0.05) is 5.54 Å². The molecule has 1 heterocycles. The average Bonchev–Trinajstić information content (AvgIpc) is 2.91. The van der Waals surface area contributed by atoms with E-state index in [9.17, 15) is 0 Å². The van der Waals surface area contributed by atoms with Crippen LogP contribution in [-0.4, -0.2) is 12.1 Å². The number of hydrogen-bond donors (Lipinski definition) is 1. The van der Waals surface area contributed by atoms with E-state index in [0.29, 0.717) is 5.92 Å². The molecule has 1 unspecified atom stereocenters. The Kier molecular flexibility index (Phi) is 5.24. The zero-order chi connectivity index (χ0) is 15.3. The Morgan fingerprint density at radius 3 is 2.24 bits per heavy atom. The van der Waals surface area contributed by atoms with Gasteiger partial charge in [-0.05, 0) is 70.2 Å². The van der Waals surface area contributed by atoms with Gasteiger partial charge in [0.2, 0.25) is 0 Å². The molecule has 2 aromatic rings. The lowest BCUT2D eigenvalue weighted by Crippen LogP contribution is -2.40. The second kappa shape index (κ2) is 6.95. The Labute approximate surface area is 128 Å². The lowest BCUT2D eigenvalue weighted by atomic mass is 9.92. The number of aryl methyl sites for hydroxylation is 1. The molecule has 2 nitrogen and oxygen atoms in total. The van der Waals surface area contributed by atoms with Gasteiger partial charge in [-0.1, -0.05) is 29.8 Å². The van der Waals surface area contributed by atoms with Crippen LogP contribution < -0.4 is 5.32 Å². The van der Waals surface area contributed by atoms with Gasteiger partial charge in [0.25, 0.3) is 0 Å². The van der Waals surface area contributed by atoms with Gasteiger partial charge < -0.3 is 9.73 Å². The van der Waals surface area contributed by atoms with Gasteiger partial charge in [0.05, 0.1) is 12.5 Å². The molecule has 2 heteroatoms. The molecule has 0 saturated heterocycles. The lowest BCUT2D eigenvalue weighted by Gasteiger charge is -2.25. The summed E-state index contributed by atoms with van der Waals surface area (Å²) in [6, 6.07) is 11.0. The van der Waals surface area contributed by atoms with Crippen LogP contribution in [0.25, 0.3) is 0 Å². The molecule has 0 aliphatic carbocycles. The Morgan fingerprint density at radius 1 is 1.00 bits per heavy atom. The fourth-order valence-corrected chi connectivity index (χ4v) is 2.47. The van der Waals surface area contributed by atoms with E-state index < -0.39 is 0 Å². The van der Waals surface area contributed by atoms with Crippen molar-refractivity contribution in [3.8, 4) is 0 Å². The molecule has 0 bridgehead atoms. The van der Waals surface area contributed by atoms with Crippen molar-refractivity contribution in [1.29, 1.82) is 0 Å². The number of rotatable bonds is 6. The van der Waals surface area contributed by atoms with Crippen LogP contribution in [0.4, 0.5) is 0 Å². The maximum Gasteiger partial charge on any atom is 0.0934 e. The first kappa shape index (κ1) is 15.8. The fourth-order valence-electron chi connectivity index (χ4n) is 2.47. The van der Waals surface area contributed by atoms with Crippen LogP contribution in [0, 0.1) is 12.8 Å². The van der Waals surface area contributed by atoms with E-state index in [0.717, 1.165) is 19.4 Å². The zero-order valence-electron chi connectivity index (χ0n) is 13.6. The van der Waals surface area contributed by atoms with E-state index in [-0.39, 0.29) is 5.54 Å². The number of furan rings is 1. The second-order valence-electron chi connectivity index (χ2n) is 7.02. The highest BCUT2D eigenvalue weighted by Gasteiger charge is 2.16. The quantitative estimate of drug-likeness (QED) is 0.852. The number of benzene rings is 1. The predicted molar refractivity (Wildman–Crippen MR) is 88.5 cm³/mol. The minimum atomic E-state index is 0.155. The molecule has 0 saturated carbocycles. The molecular formula is C19H27NO. The molecular weight excluding hydrogens is 258 g/mol. The van der Waals surface area contributed by atoms with Crippen LogP contribution in [0.5, 0.6) is 0 Å². The summed E-state index contributed by atoms with van der Waals surface area (Å²) >= 11 is 0. The van der Waals surface area contributed by atoms with Crippen molar-refractivity contribution in [3.63, 3.8) is 0 Å². The molecule has 21 heavy (non-hydrogen) atoms. The Balaban J connectivity index is 2.01. The topological polar surface area (TPSA) is 25.2 Å². The minimum Gasteiger partial charge on any atom is -0.472 e. The lowest BCUT2D eigenvalue weighted by molar-refractivity contribution is 0.366. The fraction of sp³-hybridized carbons (Fsp3) is 0.474. The summed E-state index contributed by atoms with van der Waals surface area (Å²) in [5, 5.41) is 3.64. The Morgan fingerprint density at radius 2 is 1.67 bits per heavy atom. The van der Waals surface area contributed by atoms with Gasteiger partial charge in [0.15, 0.2) is 0 Å². The molecule has 0 aliphatic rings. The highest BCUT2D eigenvalue weighted by Crippen LogP contribution is 2.16. The largest absolute Gasteiger partial charge is 0.472 e. The molecule has 0 amide bonds. The van der Waals surface area contributed by atoms with Crippen molar-refractivity contribution in [2.75, 3.05) is 6.54 Å². The SMILES string of the molecule is Cc1ccc(CC(CNC(C)(C)C)Cc2ccoc2)cc1. The van der Waals surface area contributed by atoms with Crippen molar-refractivity contribution >= 4 is 0 Å². The Bertz CT molecular complexity index is 520. The molecule has 1 N–H and O–H groups in total. The predicted octanol–water partition coefficient (Wildman–Crippen LogP) is 4.38. The van der Waals surface area contributed by atoms with Crippen LogP contribution in [0.1, 0.15) is 37.5 Å². The van der Waals surface area contributed by atoms with Crippen molar-refractivity contribution in [3.05, 3.63) is 59.5 Å². The standard InChI is InChI=1S/C19H27NO/c1-15-5-7-16(8-6-15)11-18(13-20-19(2,3)4)12-17-9-10-21-14-17/h5-10,14,18,20H,11-13H2,1-4H3. The minimum absolute atomic E-state index is 0.155. The third kappa shape index (κ3) is 5.76. The first-order chi connectivity index (χ1) is 9.92. The van der Waals surface area contributed by atoms with E-state index in [1.807, 2.05) is 6.26 Å². The van der Waals surface area contributed by atoms with Gasteiger partial charge in [-0.2, -0.15) is 0 Å². The summed E-state index contributed by atoms with van der Waals surface area (Å²) in [5.74, 6) is 0.574. The number of nitrogens with one attached hydrogen (secondary N) is 1. The van der Waals surface area contributed by atoms with Gasteiger partial charge in [-0.15, -0.1) is 0 Å².